The molecule has 0 unspecified atom stereocenters. The maximum Gasteiger partial charge on any atom is 0.332 e. The zero-order valence-corrected chi connectivity index (χ0v) is 16.7. The van der Waals surface area contributed by atoms with Crippen LogP contribution in [-0.2, 0) is 14.1 Å². The lowest BCUT2D eigenvalue weighted by molar-refractivity contribution is 0.482. The largest absolute Gasteiger partial charge is 0.457 e. The first-order valence-electron chi connectivity index (χ1n) is 9.45. The molecule has 0 saturated carbocycles. The van der Waals surface area contributed by atoms with Crippen molar-refractivity contribution in [1.82, 2.24) is 23.1 Å². The summed E-state index contributed by atoms with van der Waals surface area (Å²) in [6.45, 7) is 1.95. The zero-order valence-electron chi connectivity index (χ0n) is 16.7. The predicted molar refractivity (Wildman–Crippen MR) is 114 cm³/mol. The van der Waals surface area contributed by atoms with Gasteiger partial charge in [-0.15, -0.1) is 0 Å². The van der Waals surface area contributed by atoms with E-state index in [1.54, 1.807) is 11.4 Å². The predicted octanol–water partition coefficient (Wildman–Crippen LogP) is 2.78. The van der Waals surface area contributed by atoms with E-state index in [1.165, 1.54) is 11.6 Å². The molecule has 5 aromatic rings. The Morgan fingerprint density at radius 1 is 0.867 bits per heavy atom. The van der Waals surface area contributed by atoms with E-state index >= 15 is 0 Å². The molecule has 0 spiro atoms. The second kappa shape index (κ2) is 6.48. The summed E-state index contributed by atoms with van der Waals surface area (Å²) < 4.78 is 12.0. The van der Waals surface area contributed by atoms with E-state index in [9.17, 15) is 9.59 Å². The Kier molecular flexibility index (Phi) is 3.89. The summed E-state index contributed by atoms with van der Waals surface area (Å²) >= 11 is 0. The van der Waals surface area contributed by atoms with Crippen LogP contribution >= 0.6 is 0 Å². The van der Waals surface area contributed by atoms with E-state index in [2.05, 4.69) is 4.98 Å². The van der Waals surface area contributed by atoms with E-state index in [0.717, 1.165) is 27.4 Å². The minimum absolute atomic E-state index is 0.357. The lowest BCUT2D eigenvalue weighted by atomic mass is 10.3. The number of benzene rings is 2. The van der Waals surface area contributed by atoms with Crippen LogP contribution < -0.4 is 16.0 Å². The van der Waals surface area contributed by atoms with Crippen molar-refractivity contribution in [2.75, 3.05) is 0 Å². The van der Waals surface area contributed by atoms with Crippen molar-refractivity contribution in [2.45, 2.75) is 6.92 Å². The summed E-state index contributed by atoms with van der Waals surface area (Å²) in [5.41, 5.74) is 1.74. The molecule has 3 aromatic heterocycles. The molecule has 0 fully saturated rings. The molecule has 0 N–H and O–H groups in total. The summed E-state index contributed by atoms with van der Waals surface area (Å²) in [5, 5.41) is 0. The van der Waals surface area contributed by atoms with Crippen LogP contribution in [0.1, 0.15) is 5.69 Å². The number of hydrogen-bond donors (Lipinski definition) is 0. The van der Waals surface area contributed by atoms with E-state index in [4.69, 9.17) is 4.74 Å². The maximum absolute atomic E-state index is 12.7. The highest BCUT2D eigenvalue weighted by Crippen LogP contribution is 2.25. The van der Waals surface area contributed by atoms with Crippen LogP contribution in [0.5, 0.6) is 11.5 Å². The number of aromatic nitrogens is 5. The first kappa shape index (κ1) is 18.0. The molecule has 0 aliphatic rings. The Balaban J connectivity index is 1.65. The molecule has 8 nitrogen and oxygen atoms in total. The third-order valence-corrected chi connectivity index (χ3v) is 5.22. The summed E-state index contributed by atoms with van der Waals surface area (Å²) in [5.74, 6) is 2.05. The molecular formula is C22H19N5O3. The number of ether oxygens (including phenoxy) is 1. The summed E-state index contributed by atoms with van der Waals surface area (Å²) in [7, 11) is 3.09. The van der Waals surface area contributed by atoms with Gasteiger partial charge in [0, 0.05) is 31.7 Å². The van der Waals surface area contributed by atoms with Gasteiger partial charge >= 0.3 is 5.69 Å². The van der Waals surface area contributed by atoms with Crippen LogP contribution in [0.3, 0.4) is 0 Å². The minimum Gasteiger partial charge on any atom is -0.457 e. The van der Waals surface area contributed by atoms with Gasteiger partial charge in [0.25, 0.3) is 5.56 Å². The van der Waals surface area contributed by atoms with Crippen molar-refractivity contribution >= 4 is 16.9 Å². The van der Waals surface area contributed by atoms with E-state index < -0.39 is 5.69 Å². The van der Waals surface area contributed by atoms with Crippen LogP contribution in [0, 0.1) is 6.92 Å². The second-order valence-electron chi connectivity index (χ2n) is 7.17. The molecule has 5 rings (SSSR count). The van der Waals surface area contributed by atoms with Crippen molar-refractivity contribution < 1.29 is 4.74 Å². The van der Waals surface area contributed by atoms with Gasteiger partial charge in [0.2, 0.25) is 5.78 Å². The van der Waals surface area contributed by atoms with Crippen LogP contribution in [0.25, 0.3) is 22.6 Å². The molecule has 0 aliphatic carbocycles. The molecule has 0 radical (unpaired) electrons. The molecule has 0 atom stereocenters. The number of rotatable bonds is 3. The summed E-state index contributed by atoms with van der Waals surface area (Å²) in [6, 6.07) is 17.2. The van der Waals surface area contributed by atoms with Gasteiger partial charge in [-0.1, -0.05) is 18.2 Å². The zero-order chi connectivity index (χ0) is 21.0. The Morgan fingerprint density at radius 2 is 1.53 bits per heavy atom. The van der Waals surface area contributed by atoms with Crippen molar-refractivity contribution in [3.05, 3.63) is 87.3 Å². The molecule has 2 aromatic carbocycles. The first-order valence-corrected chi connectivity index (χ1v) is 9.45. The fraction of sp³-hybridized carbons (Fsp3) is 0.136. The number of aryl methyl sites for hydroxylation is 2. The quantitative estimate of drug-likeness (QED) is 0.466. The third kappa shape index (κ3) is 2.57. The Morgan fingerprint density at radius 3 is 2.23 bits per heavy atom. The number of imidazole rings is 2. The van der Waals surface area contributed by atoms with Gasteiger partial charge in [-0.2, -0.15) is 4.98 Å². The van der Waals surface area contributed by atoms with Gasteiger partial charge in [-0.25, -0.2) is 4.79 Å². The highest BCUT2D eigenvalue weighted by atomic mass is 16.5. The average molecular weight is 401 g/mol. The molecular weight excluding hydrogens is 382 g/mol. The molecule has 150 valence electrons. The normalized spacial score (nSPS) is 11.4. The van der Waals surface area contributed by atoms with Crippen molar-refractivity contribution in [3.8, 4) is 17.2 Å². The van der Waals surface area contributed by atoms with Gasteiger partial charge in [0.05, 0.1) is 0 Å². The SMILES string of the molecule is Cc1cn2c3c(=O)n(C)c(=O)n(C)c3nc2n1-c1ccc(Oc2ccccc2)cc1. The number of fused-ring (bicyclic) bond motifs is 3. The van der Waals surface area contributed by atoms with Gasteiger partial charge in [-0.05, 0) is 43.3 Å². The summed E-state index contributed by atoms with van der Waals surface area (Å²) in [6.07, 6.45) is 1.85. The Labute approximate surface area is 170 Å². The third-order valence-electron chi connectivity index (χ3n) is 5.22. The van der Waals surface area contributed by atoms with Crippen LogP contribution in [-0.4, -0.2) is 23.1 Å². The Hall–Kier alpha value is -4.07. The molecule has 0 bridgehead atoms. The van der Waals surface area contributed by atoms with Gasteiger partial charge < -0.3 is 4.74 Å². The highest BCUT2D eigenvalue weighted by Gasteiger charge is 2.19. The summed E-state index contributed by atoms with van der Waals surface area (Å²) in [4.78, 5) is 29.6. The van der Waals surface area contributed by atoms with E-state index in [1.807, 2.05) is 72.3 Å². The lowest BCUT2D eigenvalue weighted by Gasteiger charge is -2.09. The fourth-order valence-electron chi connectivity index (χ4n) is 3.69. The molecule has 30 heavy (non-hydrogen) atoms. The second-order valence-corrected chi connectivity index (χ2v) is 7.17. The topological polar surface area (TPSA) is 75.5 Å². The van der Waals surface area contributed by atoms with Crippen molar-refractivity contribution in [3.63, 3.8) is 0 Å². The van der Waals surface area contributed by atoms with Gasteiger partial charge in [-0.3, -0.25) is 22.9 Å². The van der Waals surface area contributed by atoms with Crippen molar-refractivity contribution in [1.29, 1.82) is 0 Å². The Bertz CT molecular complexity index is 1520. The van der Waals surface area contributed by atoms with Crippen LogP contribution in [0.2, 0.25) is 0 Å². The molecule has 0 aliphatic heterocycles. The van der Waals surface area contributed by atoms with Crippen LogP contribution in [0.15, 0.2) is 70.4 Å². The van der Waals surface area contributed by atoms with Crippen LogP contribution in [0.4, 0.5) is 0 Å². The van der Waals surface area contributed by atoms with Gasteiger partial charge in [0.1, 0.15) is 11.5 Å². The highest BCUT2D eigenvalue weighted by molar-refractivity contribution is 5.76. The van der Waals surface area contributed by atoms with E-state index in [0.29, 0.717) is 16.9 Å². The molecule has 0 saturated heterocycles. The average Bonchev–Trinajstić information content (AvgIpc) is 3.27. The van der Waals surface area contributed by atoms with Gasteiger partial charge in [0.15, 0.2) is 11.2 Å². The monoisotopic (exact) mass is 401 g/mol. The number of para-hydroxylation sites is 1. The molecule has 0 amide bonds. The lowest BCUT2D eigenvalue weighted by Crippen LogP contribution is -2.37. The number of nitrogens with zero attached hydrogens (tertiary/aromatic N) is 5. The number of hydrogen-bond acceptors (Lipinski definition) is 4. The standard InChI is InChI=1S/C22H19N5O3/c1-14-13-26-18-19(24(2)22(29)25(3)20(18)28)23-21(26)27(14)15-9-11-17(12-10-15)30-16-7-5-4-6-8-16/h4-13H,1-3H3. The fourth-order valence-corrected chi connectivity index (χ4v) is 3.69. The van der Waals surface area contributed by atoms with E-state index in [-0.39, 0.29) is 5.56 Å². The molecule has 3 heterocycles. The maximum atomic E-state index is 12.7. The first-order chi connectivity index (χ1) is 14.5. The minimum atomic E-state index is -0.404. The molecule has 8 heteroatoms. The van der Waals surface area contributed by atoms with Crippen molar-refractivity contribution in [2.24, 2.45) is 14.1 Å². The smallest absolute Gasteiger partial charge is 0.332 e.